The van der Waals surface area contributed by atoms with Crippen LogP contribution in [-0.2, 0) is 0 Å². The number of hydrogen-bond acceptors (Lipinski definition) is 3. The second kappa shape index (κ2) is 7.42. The molecule has 2 rings (SSSR count). The number of rotatable bonds is 6. The summed E-state index contributed by atoms with van der Waals surface area (Å²) in [5.74, 6) is -0.0925. The standard InChI is InChI=1S/C16H20ClN3O2/c1-3-10(2)15(9-21)18-16(22)14-8-13(19-20-14)11-6-4-5-7-12(11)17/h4-8,10,15,21H,3,9H2,1-2H3,(H,18,22)(H,19,20)/t10-,15-/m0/s1. The highest BCUT2D eigenvalue weighted by molar-refractivity contribution is 6.33. The Morgan fingerprint density at radius 1 is 1.45 bits per heavy atom. The number of aromatic nitrogens is 2. The van der Waals surface area contributed by atoms with E-state index in [4.69, 9.17) is 11.6 Å². The van der Waals surface area contributed by atoms with Gasteiger partial charge in [0.1, 0.15) is 5.69 Å². The Morgan fingerprint density at radius 2 is 2.18 bits per heavy atom. The average Bonchev–Trinajstić information content (AvgIpc) is 3.02. The predicted octanol–water partition coefficient (Wildman–Crippen LogP) is 2.87. The van der Waals surface area contributed by atoms with Gasteiger partial charge in [-0.2, -0.15) is 5.10 Å². The first-order valence-corrected chi connectivity index (χ1v) is 7.66. The second-order valence-corrected chi connectivity index (χ2v) is 5.70. The van der Waals surface area contributed by atoms with Crippen LogP contribution in [0.4, 0.5) is 0 Å². The van der Waals surface area contributed by atoms with Gasteiger partial charge in [-0.05, 0) is 18.1 Å². The largest absolute Gasteiger partial charge is 0.394 e. The predicted molar refractivity (Wildman–Crippen MR) is 86.8 cm³/mol. The SMILES string of the molecule is CC[C@H](C)[C@H](CO)NC(=O)c1cc(-c2ccccc2Cl)n[nH]1. The van der Waals surface area contributed by atoms with Crippen molar-refractivity contribution in [1.82, 2.24) is 15.5 Å². The first-order valence-electron chi connectivity index (χ1n) is 7.28. The third kappa shape index (κ3) is 3.67. The summed E-state index contributed by atoms with van der Waals surface area (Å²) < 4.78 is 0. The number of nitrogens with one attached hydrogen (secondary N) is 2. The lowest BCUT2D eigenvalue weighted by Crippen LogP contribution is -2.42. The fourth-order valence-electron chi connectivity index (χ4n) is 2.14. The zero-order valence-corrected chi connectivity index (χ0v) is 13.4. The number of nitrogens with zero attached hydrogens (tertiary/aromatic N) is 1. The highest BCUT2D eigenvalue weighted by atomic mass is 35.5. The third-order valence-electron chi connectivity index (χ3n) is 3.82. The van der Waals surface area contributed by atoms with E-state index in [1.54, 1.807) is 12.1 Å². The molecule has 0 spiro atoms. The fourth-order valence-corrected chi connectivity index (χ4v) is 2.38. The van der Waals surface area contributed by atoms with Gasteiger partial charge >= 0.3 is 0 Å². The van der Waals surface area contributed by atoms with Gasteiger partial charge in [-0.1, -0.05) is 50.1 Å². The molecule has 0 saturated heterocycles. The second-order valence-electron chi connectivity index (χ2n) is 5.29. The smallest absolute Gasteiger partial charge is 0.269 e. The van der Waals surface area contributed by atoms with Crippen LogP contribution in [0.25, 0.3) is 11.3 Å². The highest BCUT2D eigenvalue weighted by Crippen LogP contribution is 2.26. The minimum Gasteiger partial charge on any atom is -0.394 e. The highest BCUT2D eigenvalue weighted by Gasteiger charge is 2.20. The first kappa shape index (κ1) is 16.5. The molecule has 0 fully saturated rings. The van der Waals surface area contributed by atoms with Crippen LogP contribution in [0.2, 0.25) is 5.02 Å². The van der Waals surface area contributed by atoms with E-state index in [1.165, 1.54) is 0 Å². The van der Waals surface area contributed by atoms with E-state index in [1.807, 2.05) is 32.0 Å². The van der Waals surface area contributed by atoms with Crippen LogP contribution in [-0.4, -0.2) is 33.9 Å². The molecule has 2 aromatic rings. The van der Waals surface area contributed by atoms with Gasteiger partial charge in [0.25, 0.3) is 5.91 Å². The summed E-state index contributed by atoms with van der Waals surface area (Å²) in [5.41, 5.74) is 1.72. The van der Waals surface area contributed by atoms with Crippen LogP contribution in [0.5, 0.6) is 0 Å². The van der Waals surface area contributed by atoms with Crippen LogP contribution in [0.3, 0.4) is 0 Å². The molecular weight excluding hydrogens is 302 g/mol. The molecule has 22 heavy (non-hydrogen) atoms. The zero-order chi connectivity index (χ0) is 16.1. The number of carbonyl (C=O) groups is 1. The van der Waals surface area contributed by atoms with Crippen molar-refractivity contribution in [1.29, 1.82) is 0 Å². The number of halogens is 1. The maximum Gasteiger partial charge on any atom is 0.269 e. The Morgan fingerprint density at radius 3 is 2.82 bits per heavy atom. The number of aromatic amines is 1. The van der Waals surface area contributed by atoms with E-state index >= 15 is 0 Å². The van der Waals surface area contributed by atoms with E-state index in [2.05, 4.69) is 15.5 Å². The molecule has 2 atom stereocenters. The zero-order valence-electron chi connectivity index (χ0n) is 12.6. The summed E-state index contributed by atoms with van der Waals surface area (Å²) >= 11 is 6.13. The maximum absolute atomic E-state index is 12.2. The molecule has 0 aliphatic heterocycles. The molecule has 1 amide bonds. The van der Waals surface area contributed by atoms with Gasteiger partial charge in [0.05, 0.1) is 23.4 Å². The molecular formula is C16H20ClN3O2. The minimum atomic E-state index is -0.287. The van der Waals surface area contributed by atoms with Gasteiger partial charge in [-0.25, -0.2) is 0 Å². The van der Waals surface area contributed by atoms with Crippen LogP contribution >= 0.6 is 11.6 Å². The number of H-pyrrole nitrogens is 1. The van der Waals surface area contributed by atoms with Gasteiger partial charge in [0, 0.05) is 5.56 Å². The number of aliphatic hydroxyl groups excluding tert-OH is 1. The summed E-state index contributed by atoms with van der Waals surface area (Å²) in [7, 11) is 0. The minimum absolute atomic E-state index is 0.0910. The Bertz CT molecular complexity index is 642. The van der Waals surface area contributed by atoms with E-state index in [-0.39, 0.29) is 24.5 Å². The molecule has 118 valence electrons. The van der Waals surface area contributed by atoms with Gasteiger partial charge in [0.15, 0.2) is 0 Å². The van der Waals surface area contributed by atoms with E-state index < -0.39 is 0 Å². The lowest BCUT2D eigenvalue weighted by Gasteiger charge is -2.21. The summed E-state index contributed by atoms with van der Waals surface area (Å²) in [5, 5.41) is 19.6. The molecule has 0 radical (unpaired) electrons. The molecule has 0 aliphatic rings. The van der Waals surface area contributed by atoms with E-state index in [9.17, 15) is 9.90 Å². The molecule has 5 nitrogen and oxygen atoms in total. The maximum atomic E-state index is 12.2. The van der Waals surface area contributed by atoms with Crippen molar-refractivity contribution in [3.8, 4) is 11.3 Å². The van der Waals surface area contributed by atoms with Crippen molar-refractivity contribution < 1.29 is 9.90 Å². The van der Waals surface area contributed by atoms with Crippen molar-refractivity contribution >= 4 is 17.5 Å². The van der Waals surface area contributed by atoms with E-state index in [0.29, 0.717) is 16.4 Å². The number of amides is 1. The van der Waals surface area contributed by atoms with Gasteiger partial charge in [0.2, 0.25) is 0 Å². The van der Waals surface area contributed by atoms with Crippen molar-refractivity contribution in [2.75, 3.05) is 6.61 Å². The summed E-state index contributed by atoms with van der Waals surface area (Å²) in [6.45, 7) is 3.92. The molecule has 1 heterocycles. The Labute approximate surface area is 134 Å². The number of hydrogen-bond donors (Lipinski definition) is 3. The molecule has 0 bridgehead atoms. The van der Waals surface area contributed by atoms with Gasteiger partial charge in [-0.15, -0.1) is 0 Å². The number of carbonyl (C=O) groups excluding carboxylic acids is 1. The van der Waals surface area contributed by atoms with Crippen molar-refractivity contribution in [2.45, 2.75) is 26.3 Å². The molecule has 3 N–H and O–H groups in total. The van der Waals surface area contributed by atoms with E-state index in [0.717, 1.165) is 12.0 Å². The molecule has 6 heteroatoms. The van der Waals surface area contributed by atoms with Crippen molar-refractivity contribution in [3.05, 3.63) is 41.0 Å². The van der Waals surface area contributed by atoms with Crippen LogP contribution in [0, 0.1) is 5.92 Å². The van der Waals surface area contributed by atoms with Gasteiger partial charge in [-0.3, -0.25) is 9.89 Å². The number of benzene rings is 1. The third-order valence-corrected chi connectivity index (χ3v) is 4.15. The summed E-state index contributed by atoms with van der Waals surface area (Å²) in [4.78, 5) is 12.2. The molecule has 1 aromatic heterocycles. The summed E-state index contributed by atoms with van der Waals surface area (Å²) in [6.07, 6.45) is 0.874. The summed E-state index contributed by atoms with van der Waals surface area (Å²) in [6, 6.07) is 8.70. The topological polar surface area (TPSA) is 78.0 Å². The Hall–Kier alpha value is -1.85. The molecule has 1 aromatic carbocycles. The Balaban J connectivity index is 2.14. The van der Waals surface area contributed by atoms with Crippen molar-refractivity contribution in [3.63, 3.8) is 0 Å². The Kier molecular flexibility index (Phi) is 5.57. The lowest BCUT2D eigenvalue weighted by molar-refractivity contribution is 0.0886. The molecule has 0 aliphatic carbocycles. The van der Waals surface area contributed by atoms with Crippen LogP contribution < -0.4 is 5.32 Å². The lowest BCUT2D eigenvalue weighted by atomic mass is 10.00. The van der Waals surface area contributed by atoms with Crippen LogP contribution in [0.1, 0.15) is 30.8 Å². The van der Waals surface area contributed by atoms with Gasteiger partial charge < -0.3 is 10.4 Å². The molecule has 0 unspecified atom stereocenters. The fraction of sp³-hybridized carbons (Fsp3) is 0.375. The monoisotopic (exact) mass is 321 g/mol. The quantitative estimate of drug-likeness (QED) is 0.765. The number of aliphatic hydroxyl groups is 1. The first-order chi connectivity index (χ1) is 10.6. The van der Waals surface area contributed by atoms with Crippen LogP contribution in [0.15, 0.2) is 30.3 Å². The average molecular weight is 322 g/mol. The van der Waals surface area contributed by atoms with Crippen molar-refractivity contribution in [2.24, 2.45) is 5.92 Å². The molecule has 0 saturated carbocycles. The normalized spacial score (nSPS) is 13.6.